The Bertz CT molecular complexity index is 1080. The number of anilines is 1. The van der Waals surface area contributed by atoms with Gasteiger partial charge in [0.2, 0.25) is 5.91 Å². The van der Waals surface area contributed by atoms with Crippen LogP contribution in [0.4, 0.5) is 5.82 Å². The molecule has 0 saturated carbocycles. The van der Waals surface area contributed by atoms with Gasteiger partial charge in [-0.3, -0.25) is 14.3 Å². The van der Waals surface area contributed by atoms with Crippen molar-refractivity contribution in [2.24, 2.45) is 7.05 Å². The number of amides is 2. The molecule has 31 heavy (non-hydrogen) atoms. The molecule has 0 spiro atoms. The molecule has 3 aromatic rings. The summed E-state index contributed by atoms with van der Waals surface area (Å²) in [5.41, 5.74) is 1.39. The van der Waals surface area contributed by atoms with E-state index in [0.29, 0.717) is 17.9 Å². The minimum atomic E-state index is -0.228. The normalized spacial score (nSPS) is 11.5. The summed E-state index contributed by atoms with van der Waals surface area (Å²) in [6.45, 7) is 8.85. The molecular formula is C25H32N4O2. The number of hydrogen-bond acceptors (Lipinski definition) is 3. The van der Waals surface area contributed by atoms with E-state index < -0.39 is 0 Å². The second-order valence-electron chi connectivity index (χ2n) is 8.98. The number of hydrogen-bond donors (Lipinski definition) is 1. The highest BCUT2D eigenvalue weighted by Gasteiger charge is 2.22. The molecule has 6 heteroatoms. The van der Waals surface area contributed by atoms with Crippen molar-refractivity contribution >= 4 is 28.4 Å². The van der Waals surface area contributed by atoms with Crippen LogP contribution in [0.5, 0.6) is 0 Å². The molecule has 0 bridgehead atoms. The topological polar surface area (TPSA) is 67.2 Å². The molecule has 0 aliphatic rings. The molecule has 2 aromatic carbocycles. The minimum absolute atomic E-state index is 0.00168. The Morgan fingerprint density at radius 2 is 1.77 bits per heavy atom. The average Bonchev–Trinajstić information content (AvgIpc) is 3.10. The lowest BCUT2D eigenvalue weighted by Crippen LogP contribution is -2.38. The number of rotatable bonds is 7. The van der Waals surface area contributed by atoms with E-state index in [0.717, 1.165) is 29.3 Å². The van der Waals surface area contributed by atoms with Crippen LogP contribution in [0.2, 0.25) is 0 Å². The third-order valence-electron chi connectivity index (χ3n) is 5.32. The first-order valence-corrected chi connectivity index (χ1v) is 10.8. The number of nitrogens with one attached hydrogen (secondary N) is 1. The summed E-state index contributed by atoms with van der Waals surface area (Å²) in [5.74, 6) is 0.270. The van der Waals surface area contributed by atoms with E-state index in [4.69, 9.17) is 0 Å². The molecule has 0 atom stereocenters. The lowest BCUT2D eigenvalue weighted by Gasteiger charge is -2.22. The SMILES string of the molecule is CCCCN(CC(=O)Nc1cc(C(C)(C)C)nn1C)C(=O)c1ccc2ccccc2c1. The summed E-state index contributed by atoms with van der Waals surface area (Å²) < 4.78 is 1.67. The zero-order valence-electron chi connectivity index (χ0n) is 19.1. The maximum atomic E-state index is 13.2. The fraction of sp³-hybridized carbons (Fsp3) is 0.400. The van der Waals surface area contributed by atoms with Crippen LogP contribution in [0.25, 0.3) is 10.8 Å². The van der Waals surface area contributed by atoms with E-state index in [2.05, 4.69) is 38.1 Å². The van der Waals surface area contributed by atoms with Crippen LogP contribution in [-0.4, -0.2) is 39.6 Å². The minimum Gasteiger partial charge on any atom is -0.329 e. The van der Waals surface area contributed by atoms with Crippen LogP contribution >= 0.6 is 0 Å². The van der Waals surface area contributed by atoms with Crippen molar-refractivity contribution < 1.29 is 9.59 Å². The molecule has 0 saturated heterocycles. The van der Waals surface area contributed by atoms with Gasteiger partial charge < -0.3 is 10.2 Å². The maximum absolute atomic E-state index is 13.2. The molecule has 164 valence electrons. The maximum Gasteiger partial charge on any atom is 0.254 e. The Hall–Kier alpha value is -3.15. The monoisotopic (exact) mass is 420 g/mol. The van der Waals surface area contributed by atoms with Gasteiger partial charge in [-0.25, -0.2) is 0 Å². The average molecular weight is 421 g/mol. The third kappa shape index (κ3) is 5.51. The number of aromatic nitrogens is 2. The first-order valence-electron chi connectivity index (χ1n) is 10.8. The third-order valence-corrected chi connectivity index (χ3v) is 5.32. The zero-order chi connectivity index (χ0) is 22.6. The number of fused-ring (bicyclic) bond motifs is 1. The Balaban J connectivity index is 1.76. The van der Waals surface area contributed by atoms with Crippen molar-refractivity contribution in [2.75, 3.05) is 18.4 Å². The number of carbonyl (C=O) groups is 2. The highest BCUT2D eigenvalue weighted by atomic mass is 16.2. The number of benzene rings is 2. The van der Waals surface area contributed by atoms with E-state index in [1.165, 1.54) is 0 Å². The van der Waals surface area contributed by atoms with E-state index in [-0.39, 0.29) is 23.8 Å². The molecule has 0 aliphatic carbocycles. The van der Waals surface area contributed by atoms with E-state index in [1.807, 2.05) is 48.5 Å². The largest absolute Gasteiger partial charge is 0.329 e. The van der Waals surface area contributed by atoms with Gasteiger partial charge in [0, 0.05) is 30.6 Å². The summed E-state index contributed by atoms with van der Waals surface area (Å²) in [5, 5.41) is 9.51. The summed E-state index contributed by atoms with van der Waals surface area (Å²) in [4.78, 5) is 27.6. The van der Waals surface area contributed by atoms with Crippen LogP contribution in [0.15, 0.2) is 48.5 Å². The first kappa shape index (κ1) is 22.5. The van der Waals surface area contributed by atoms with Gasteiger partial charge in [0.1, 0.15) is 12.4 Å². The molecule has 1 N–H and O–H groups in total. The molecular weight excluding hydrogens is 388 g/mol. The fourth-order valence-corrected chi connectivity index (χ4v) is 3.41. The highest BCUT2D eigenvalue weighted by Crippen LogP contribution is 2.23. The van der Waals surface area contributed by atoms with E-state index >= 15 is 0 Å². The molecule has 1 heterocycles. The van der Waals surface area contributed by atoms with E-state index in [9.17, 15) is 9.59 Å². The van der Waals surface area contributed by atoms with E-state index in [1.54, 1.807) is 16.6 Å². The predicted molar refractivity (Wildman–Crippen MR) is 125 cm³/mol. The van der Waals surface area contributed by atoms with Crippen molar-refractivity contribution in [3.8, 4) is 0 Å². The van der Waals surface area contributed by atoms with Crippen molar-refractivity contribution in [1.29, 1.82) is 0 Å². The quantitative estimate of drug-likeness (QED) is 0.600. The molecule has 1 aromatic heterocycles. The van der Waals surface area contributed by atoms with Crippen LogP contribution < -0.4 is 5.32 Å². The zero-order valence-corrected chi connectivity index (χ0v) is 19.1. The van der Waals surface area contributed by atoms with Crippen molar-refractivity contribution in [1.82, 2.24) is 14.7 Å². The Morgan fingerprint density at radius 3 is 2.42 bits per heavy atom. The van der Waals surface area contributed by atoms with Gasteiger partial charge in [-0.2, -0.15) is 5.10 Å². The van der Waals surface area contributed by atoms with Crippen molar-refractivity contribution in [3.63, 3.8) is 0 Å². The van der Waals surface area contributed by atoms with Crippen LogP contribution in [0.1, 0.15) is 56.6 Å². The Morgan fingerprint density at radius 1 is 1.06 bits per heavy atom. The smallest absolute Gasteiger partial charge is 0.254 e. The second-order valence-corrected chi connectivity index (χ2v) is 8.98. The number of unbranched alkanes of at least 4 members (excludes halogenated alkanes) is 1. The summed E-state index contributed by atoms with van der Waals surface area (Å²) in [6, 6.07) is 15.5. The van der Waals surface area contributed by atoms with Crippen molar-refractivity contribution in [3.05, 3.63) is 59.8 Å². The fourth-order valence-electron chi connectivity index (χ4n) is 3.41. The molecule has 3 rings (SSSR count). The van der Waals surface area contributed by atoms with Gasteiger partial charge in [-0.05, 0) is 29.3 Å². The predicted octanol–water partition coefficient (Wildman–Crippen LogP) is 4.75. The van der Waals surface area contributed by atoms with Gasteiger partial charge in [0.15, 0.2) is 0 Å². The molecule has 0 aliphatic heterocycles. The number of carbonyl (C=O) groups excluding carboxylic acids is 2. The molecule has 0 fully saturated rings. The van der Waals surface area contributed by atoms with Gasteiger partial charge in [-0.1, -0.05) is 64.4 Å². The molecule has 0 radical (unpaired) electrons. The Labute approximate surface area is 184 Å². The van der Waals surface area contributed by atoms with Crippen LogP contribution in [0.3, 0.4) is 0 Å². The van der Waals surface area contributed by atoms with Crippen molar-refractivity contribution in [2.45, 2.75) is 46.0 Å². The molecule has 2 amide bonds. The highest BCUT2D eigenvalue weighted by molar-refractivity contribution is 6.01. The van der Waals surface area contributed by atoms with Crippen LogP contribution in [-0.2, 0) is 17.3 Å². The summed E-state index contributed by atoms with van der Waals surface area (Å²) in [7, 11) is 1.81. The standard InChI is InChI=1S/C25H32N4O2/c1-6-7-14-29(24(31)20-13-12-18-10-8-9-11-19(18)15-20)17-23(30)26-22-16-21(25(2,3)4)27-28(22)5/h8-13,15-16H,6-7,14,17H2,1-5H3,(H,26,30). The number of nitrogens with zero attached hydrogens (tertiary/aromatic N) is 3. The molecule has 0 unspecified atom stereocenters. The van der Waals surface area contributed by atoms with Gasteiger partial charge >= 0.3 is 0 Å². The lowest BCUT2D eigenvalue weighted by atomic mass is 9.92. The lowest BCUT2D eigenvalue weighted by molar-refractivity contribution is -0.117. The second kappa shape index (κ2) is 9.33. The summed E-state index contributed by atoms with van der Waals surface area (Å²) >= 11 is 0. The summed E-state index contributed by atoms with van der Waals surface area (Å²) in [6.07, 6.45) is 1.78. The number of aryl methyl sites for hydroxylation is 1. The molecule has 6 nitrogen and oxygen atoms in total. The van der Waals surface area contributed by atoms with Gasteiger partial charge in [0.25, 0.3) is 5.91 Å². The van der Waals surface area contributed by atoms with Crippen LogP contribution in [0, 0.1) is 0 Å². The first-order chi connectivity index (χ1) is 14.7. The Kier molecular flexibility index (Phi) is 6.78. The van der Waals surface area contributed by atoms with Gasteiger partial charge in [0.05, 0.1) is 5.69 Å². The van der Waals surface area contributed by atoms with Gasteiger partial charge in [-0.15, -0.1) is 0 Å².